The van der Waals surface area contributed by atoms with Gasteiger partial charge in [-0.15, -0.1) is 0 Å². The van der Waals surface area contributed by atoms with E-state index in [1.807, 2.05) is 0 Å². The lowest BCUT2D eigenvalue weighted by atomic mass is 10.2. The van der Waals surface area contributed by atoms with Gasteiger partial charge >= 0.3 is 0 Å². The summed E-state index contributed by atoms with van der Waals surface area (Å²) in [7, 11) is -3.85. The van der Waals surface area contributed by atoms with Crippen molar-refractivity contribution in [3.8, 4) is 11.5 Å². The molecular formula is C23H23N3O5S. The number of hydrogen-bond donors (Lipinski definition) is 2. The number of benzene rings is 2. The number of sulfonamides is 1. The Kier molecular flexibility index (Phi) is 6.38. The van der Waals surface area contributed by atoms with E-state index in [9.17, 15) is 13.2 Å². The molecule has 0 saturated carbocycles. The first-order valence-electron chi connectivity index (χ1n) is 10.2. The third-order valence-corrected chi connectivity index (χ3v) is 6.47. The first kappa shape index (κ1) is 21.8. The molecule has 1 aliphatic rings. The molecule has 0 bridgehead atoms. The SMILES string of the molecule is C[C@@H](NS(=O)(=O)c1cccc(C(=O)Nc2ccc3c(c2)OCCCO3)c1)c1cccnc1. The second-order valence-electron chi connectivity index (χ2n) is 7.32. The van der Waals surface area contributed by atoms with E-state index in [1.165, 1.54) is 18.2 Å². The van der Waals surface area contributed by atoms with Gasteiger partial charge < -0.3 is 14.8 Å². The summed E-state index contributed by atoms with van der Waals surface area (Å²) in [6.45, 7) is 2.84. The monoisotopic (exact) mass is 453 g/mol. The van der Waals surface area contributed by atoms with Gasteiger partial charge in [-0.1, -0.05) is 12.1 Å². The van der Waals surface area contributed by atoms with Crippen LogP contribution in [0.1, 0.15) is 35.3 Å². The molecule has 0 spiro atoms. The smallest absolute Gasteiger partial charge is 0.255 e. The van der Waals surface area contributed by atoms with Crippen LogP contribution in [0, 0.1) is 0 Å². The largest absolute Gasteiger partial charge is 0.490 e. The summed E-state index contributed by atoms with van der Waals surface area (Å²) in [6, 6.07) is 14.1. The number of ether oxygens (including phenoxy) is 2. The van der Waals surface area contributed by atoms with Crippen molar-refractivity contribution in [2.24, 2.45) is 0 Å². The Morgan fingerprint density at radius 2 is 1.84 bits per heavy atom. The molecule has 0 fully saturated rings. The van der Waals surface area contributed by atoms with Gasteiger partial charge in [-0.2, -0.15) is 0 Å². The van der Waals surface area contributed by atoms with Crippen LogP contribution in [0.4, 0.5) is 5.69 Å². The highest BCUT2D eigenvalue weighted by Gasteiger charge is 2.20. The molecule has 9 heteroatoms. The number of hydrogen-bond acceptors (Lipinski definition) is 6. The molecule has 8 nitrogen and oxygen atoms in total. The lowest BCUT2D eigenvalue weighted by Crippen LogP contribution is -2.27. The minimum atomic E-state index is -3.85. The van der Waals surface area contributed by atoms with Gasteiger partial charge in [-0.05, 0) is 48.9 Å². The topological polar surface area (TPSA) is 107 Å². The molecule has 32 heavy (non-hydrogen) atoms. The molecule has 1 atom stereocenters. The summed E-state index contributed by atoms with van der Waals surface area (Å²) >= 11 is 0. The number of carbonyl (C=O) groups excluding carboxylic acids is 1. The lowest BCUT2D eigenvalue weighted by molar-refractivity contribution is 0.102. The molecule has 1 amide bonds. The number of nitrogens with zero attached hydrogens (tertiary/aromatic N) is 1. The molecule has 0 unspecified atom stereocenters. The number of aromatic nitrogens is 1. The van der Waals surface area contributed by atoms with E-state index in [0.717, 1.165) is 12.0 Å². The minimum Gasteiger partial charge on any atom is -0.490 e. The standard InChI is InChI=1S/C23H23N3O5S/c1-16(18-6-3-10-24-15-18)26-32(28,29)20-7-2-5-17(13-20)23(27)25-19-8-9-21-22(14-19)31-12-4-11-30-21/h2-3,5-10,13-16,26H,4,11-12H2,1H3,(H,25,27)/t16-/m1/s1. The van der Waals surface area contributed by atoms with Gasteiger partial charge in [0, 0.05) is 42.2 Å². The van der Waals surface area contributed by atoms with Crippen molar-refractivity contribution in [3.63, 3.8) is 0 Å². The molecule has 2 aromatic carbocycles. The van der Waals surface area contributed by atoms with Crippen molar-refractivity contribution in [2.45, 2.75) is 24.3 Å². The van der Waals surface area contributed by atoms with E-state index >= 15 is 0 Å². The molecule has 1 aromatic heterocycles. The Labute approximate surface area is 186 Å². The molecule has 0 radical (unpaired) electrons. The van der Waals surface area contributed by atoms with Crippen LogP contribution < -0.4 is 19.5 Å². The van der Waals surface area contributed by atoms with Gasteiger partial charge in [0.25, 0.3) is 5.91 Å². The summed E-state index contributed by atoms with van der Waals surface area (Å²) in [5.74, 6) is 0.754. The van der Waals surface area contributed by atoms with Crippen molar-refractivity contribution >= 4 is 21.6 Å². The van der Waals surface area contributed by atoms with Crippen molar-refractivity contribution in [2.75, 3.05) is 18.5 Å². The second kappa shape index (κ2) is 9.37. The maximum Gasteiger partial charge on any atom is 0.255 e. The summed E-state index contributed by atoms with van der Waals surface area (Å²) in [5.41, 5.74) is 1.48. The molecule has 2 N–H and O–H groups in total. The molecule has 4 rings (SSSR count). The molecular weight excluding hydrogens is 430 g/mol. The number of fused-ring (bicyclic) bond motifs is 1. The Morgan fingerprint density at radius 3 is 2.62 bits per heavy atom. The number of amides is 1. The van der Waals surface area contributed by atoms with Gasteiger partial charge in [-0.25, -0.2) is 13.1 Å². The normalized spacial score (nSPS) is 14.3. The molecule has 2 heterocycles. The fourth-order valence-electron chi connectivity index (χ4n) is 3.25. The zero-order chi connectivity index (χ0) is 22.6. The lowest BCUT2D eigenvalue weighted by Gasteiger charge is -2.15. The Bertz CT molecular complexity index is 1220. The molecule has 166 valence electrons. The van der Waals surface area contributed by atoms with Gasteiger partial charge in [0.1, 0.15) is 0 Å². The fourth-order valence-corrected chi connectivity index (χ4v) is 4.53. The number of anilines is 1. The van der Waals surface area contributed by atoms with Crippen LogP contribution in [0.2, 0.25) is 0 Å². The third kappa shape index (κ3) is 5.06. The number of nitrogens with one attached hydrogen (secondary N) is 2. The Balaban J connectivity index is 1.50. The highest BCUT2D eigenvalue weighted by atomic mass is 32.2. The average Bonchev–Trinajstić information content (AvgIpc) is 3.04. The van der Waals surface area contributed by atoms with Crippen molar-refractivity contribution in [1.82, 2.24) is 9.71 Å². The minimum absolute atomic E-state index is 0.000415. The summed E-state index contributed by atoms with van der Waals surface area (Å²) < 4.78 is 39.6. The van der Waals surface area contributed by atoms with E-state index in [4.69, 9.17) is 9.47 Å². The van der Waals surface area contributed by atoms with Crippen LogP contribution in [-0.2, 0) is 10.0 Å². The quantitative estimate of drug-likeness (QED) is 0.591. The van der Waals surface area contributed by atoms with Crippen molar-refractivity contribution in [1.29, 1.82) is 0 Å². The van der Waals surface area contributed by atoms with E-state index < -0.39 is 22.0 Å². The third-order valence-electron chi connectivity index (χ3n) is 4.93. The predicted molar refractivity (Wildman–Crippen MR) is 119 cm³/mol. The summed E-state index contributed by atoms with van der Waals surface area (Å²) in [6.07, 6.45) is 4.01. The van der Waals surface area contributed by atoms with E-state index in [1.54, 1.807) is 55.7 Å². The first-order chi connectivity index (χ1) is 15.4. The van der Waals surface area contributed by atoms with Gasteiger partial charge in [0.05, 0.1) is 18.1 Å². The number of pyridine rings is 1. The van der Waals surface area contributed by atoms with Crippen LogP contribution in [0.5, 0.6) is 11.5 Å². The van der Waals surface area contributed by atoms with Crippen LogP contribution >= 0.6 is 0 Å². The average molecular weight is 454 g/mol. The second-order valence-corrected chi connectivity index (χ2v) is 9.04. The van der Waals surface area contributed by atoms with Gasteiger partial charge in [-0.3, -0.25) is 9.78 Å². The van der Waals surface area contributed by atoms with Gasteiger partial charge in [0.15, 0.2) is 11.5 Å². The molecule has 0 saturated heterocycles. The Morgan fingerprint density at radius 1 is 1.03 bits per heavy atom. The van der Waals surface area contributed by atoms with Crippen LogP contribution in [0.25, 0.3) is 0 Å². The first-order valence-corrected chi connectivity index (χ1v) is 11.6. The number of carbonyl (C=O) groups is 1. The predicted octanol–water partition coefficient (Wildman–Crippen LogP) is 3.53. The van der Waals surface area contributed by atoms with Crippen molar-refractivity contribution < 1.29 is 22.7 Å². The van der Waals surface area contributed by atoms with Crippen LogP contribution in [0.15, 0.2) is 71.9 Å². The maximum atomic E-state index is 12.8. The van der Waals surface area contributed by atoms with Crippen molar-refractivity contribution in [3.05, 3.63) is 78.1 Å². The Hall–Kier alpha value is -3.43. The molecule has 1 aliphatic heterocycles. The summed E-state index contributed by atoms with van der Waals surface area (Å²) in [5, 5.41) is 2.78. The molecule has 3 aromatic rings. The molecule has 0 aliphatic carbocycles. The summed E-state index contributed by atoms with van der Waals surface area (Å²) in [4.78, 5) is 16.8. The zero-order valence-electron chi connectivity index (χ0n) is 17.4. The fraction of sp³-hybridized carbons (Fsp3) is 0.217. The van der Waals surface area contributed by atoms with Crippen LogP contribution in [0.3, 0.4) is 0 Å². The maximum absolute atomic E-state index is 12.8. The zero-order valence-corrected chi connectivity index (χ0v) is 18.3. The van der Waals surface area contributed by atoms with Crippen LogP contribution in [-0.4, -0.2) is 32.5 Å². The van der Waals surface area contributed by atoms with Gasteiger partial charge in [0.2, 0.25) is 10.0 Å². The highest BCUT2D eigenvalue weighted by molar-refractivity contribution is 7.89. The number of rotatable bonds is 6. The van der Waals surface area contributed by atoms with E-state index in [0.29, 0.717) is 30.4 Å². The van der Waals surface area contributed by atoms with E-state index in [2.05, 4.69) is 15.0 Å². The highest BCUT2D eigenvalue weighted by Crippen LogP contribution is 2.32. The van der Waals surface area contributed by atoms with E-state index in [-0.39, 0.29) is 10.5 Å².